The van der Waals surface area contributed by atoms with Crippen LogP contribution < -0.4 is 4.90 Å². The van der Waals surface area contributed by atoms with Crippen LogP contribution in [0.4, 0.5) is 9.52 Å². The summed E-state index contributed by atoms with van der Waals surface area (Å²) in [7, 11) is 2.03. The molecule has 3 aromatic rings. The molecule has 1 fully saturated rings. The van der Waals surface area contributed by atoms with Crippen molar-refractivity contribution in [1.29, 1.82) is 0 Å². The first-order chi connectivity index (χ1) is 12.2. The minimum atomic E-state index is -0.219. The van der Waals surface area contributed by atoms with Crippen LogP contribution >= 0.6 is 11.3 Å². The minimum absolute atomic E-state index is 0.219. The number of hydrogen-bond acceptors (Lipinski definition) is 5. The van der Waals surface area contributed by atoms with Gasteiger partial charge >= 0.3 is 0 Å². The first kappa shape index (κ1) is 16.2. The lowest BCUT2D eigenvalue weighted by molar-refractivity contribution is 0.242. The van der Waals surface area contributed by atoms with Gasteiger partial charge in [-0.05, 0) is 24.3 Å². The van der Waals surface area contributed by atoms with Crippen molar-refractivity contribution in [3.8, 4) is 11.3 Å². The summed E-state index contributed by atoms with van der Waals surface area (Å²) in [5.41, 5.74) is 1.87. The Hall–Kier alpha value is -2.25. The lowest BCUT2D eigenvalue weighted by atomic mass is 10.2. The predicted molar refractivity (Wildman–Crippen MR) is 98.2 cm³/mol. The van der Waals surface area contributed by atoms with Crippen LogP contribution in [0.15, 0.2) is 42.0 Å². The molecule has 4 rings (SSSR count). The van der Waals surface area contributed by atoms with Crippen LogP contribution in [-0.4, -0.2) is 45.6 Å². The summed E-state index contributed by atoms with van der Waals surface area (Å²) in [5, 5.41) is 3.08. The molecular formula is C18H20FN5S. The van der Waals surface area contributed by atoms with Gasteiger partial charge in [0, 0.05) is 56.6 Å². The fraction of sp³-hybridized carbons (Fsp3) is 0.333. The third-order valence-corrected chi connectivity index (χ3v) is 5.46. The van der Waals surface area contributed by atoms with E-state index in [0.717, 1.165) is 54.9 Å². The van der Waals surface area contributed by atoms with Gasteiger partial charge in [0.2, 0.25) is 0 Å². The average Bonchev–Trinajstić information content (AvgIpc) is 3.26. The van der Waals surface area contributed by atoms with Crippen molar-refractivity contribution >= 4 is 16.5 Å². The summed E-state index contributed by atoms with van der Waals surface area (Å²) >= 11 is 1.65. The third-order valence-electron chi connectivity index (χ3n) is 4.56. The molecule has 0 unspecified atom stereocenters. The molecule has 2 aromatic heterocycles. The van der Waals surface area contributed by atoms with Crippen molar-refractivity contribution in [2.45, 2.75) is 6.54 Å². The number of imidazole rings is 1. The van der Waals surface area contributed by atoms with Crippen LogP contribution in [0.1, 0.15) is 5.82 Å². The Balaban J connectivity index is 1.38. The van der Waals surface area contributed by atoms with Gasteiger partial charge in [0.05, 0.1) is 12.2 Å². The van der Waals surface area contributed by atoms with Gasteiger partial charge in [-0.3, -0.25) is 4.90 Å². The highest BCUT2D eigenvalue weighted by molar-refractivity contribution is 7.14. The number of nitrogens with zero attached hydrogens (tertiary/aromatic N) is 5. The van der Waals surface area contributed by atoms with Gasteiger partial charge in [-0.15, -0.1) is 11.3 Å². The second-order valence-corrected chi connectivity index (χ2v) is 7.08. The van der Waals surface area contributed by atoms with Crippen LogP contribution in [0.5, 0.6) is 0 Å². The van der Waals surface area contributed by atoms with Crippen molar-refractivity contribution in [3.63, 3.8) is 0 Å². The Morgan fingerprint density at radius 2 is 1.88 bits per heavy atom. The number of anilines is 1. The molecule has 0 aliphatic carbocycles. The van der Waals surface area contributed by atoms with Crippen LogP contribution in [0, 0.1) is 5.82 Å². The van der Waals surface area contributed by atoms with Gasteiger partial charge in [-0.1, -0.05) is 0 Å². The number of aromatic nitrogens is 3. The van der Waals surface area contributed by atoms with Crippen LogP contribution in [0.2, 0.25) is 0 Å². The van der Waals surface area contributed by atoms with Gasteiger partial charge in [0.25, 0.3) is 0 Å². The Morgan fingerprint density at radius 1 is 1.12 bits per heavy atom. The van der Waals surface area contributed by atoms with E-state index in [2.05, 4.69) is 19.4 Å². The predicted octanol–water partition coefficient (Wildman–Crippen LogP) is 3.00. The maximum atomic E-state index is 13.1. The Labute approximate surface area is 150 Å². The monoisotopic (exact) mass is 357 g/mol. The molecule has 0 amide bonds. The highest BCUT2D eigenvalue weighted by Crippen LogP contribution is 2.28. The van der Waals surface area contributed by atoms with E-state index in [4.69, 9.17) is 4.98 Å². The van der Waals surface area contributed by atoms with Gasteiger partial charge in [-0.25, -0.2) is 14.4 Å². The number of piperazine rings is 1. The molecule has 0 bridgehead atoms. The highest BCUT2D eigenvalue weighted by atomic mass is 32.1. The topological polar surface area (TPSA) is 37.2 Å². The Kier molecular flexibility index (Phi) is 4.50. The minimum Gasteiger partial charge on any atom is -0.346 e. The molecule has 130 valence electrons. The van der Waals surface area contributed by atoms with E-state index in [1.54, 1.807) is 23.5 Å². The zero-order valence-electron chi connectivity index (χ0n) is 14.1. The maximum absolute atomic E-state index is 13.1. The summed E-state index contributed by atoms with van der Waals surface area (Å²) in [6.07, 6.45) is 3.83. The molecule has 3 heterocycles. The quantitative estimate of drug-likeness (QED) is 0.719. The fourth-order valence-electron chi connectivity index (χ4n) is 3.01. The standard InChI is InChI=1S/C18H20FN5S/c1-22-7-6-20-17(22)12-23-8-10-24(11-9-23)18-21-16(13-25-18)14-2-4-15(19)5-3-14/h2-7,13H,8-12H2,1H3. The SMILES string of the molecule is Cn1ccnc1CN1CCN(c2nc(-c3ccc(F)cc3)cs2)CC1. The van der Waals surface area contributed by atoms with Crippen molar-refractivity contribution < 1.29 is 4.39 Å². The molecule has 0 atom stereocenters. The molecule has 5 nitrogen and oxygen atoms in total. The fourth-order valence-corrected chi connectivity index (χ4v) is 3.90. The average molecular weight is 357 g/mol. The molecule has 0 radical (unpaired) electrons. The zero-order valence-corrected chi connectivity index (χ0v) is 14.9. The Bertz CT molecular complexity index is 833. The third kappa shape index (κ3) is 3.57. The summed E-state index contributed by atoms with van der Waals surface area (Å²) in [5.74, 6) is 0.879. The number of benzene rings is 1. The molecular weight excluding hydrogens is 337 g/mol. The van der Waals surface area contributed by atoms with Gasteiger partial charge in [-0.2, -0.15) is 0 Å². The highest BCUT2D eigenvalue weighted by Gasteiger charge is 2.20. The van der Waals surface area contributed by atoms with E-state index in [1.165, 1.54) is 12.1 Å². The first-order valence-corrected chi connectivity index (χ1v) is 9.22. The normalized spacial score (nSPS) is 15.7. The van der Waals surface area contributed by atoms with Gasteiger partial charge in [0.15, 0.2) is 5.13 Å². The summed E-state index contributed by atoms with van der Waals surface area (Å²) in [6, 6.07) is 6.51. The van der Waals surface area contributed by atoms with Crippen molar-refractivity contribution in [2.75, 3.05) is 31.1 Å². The van der Waals surface area contributed by atoms with Crippen LogP contribution in [0.25, 0.3) is 11.3 Å². The second-order valence-electron chi connectivity index (χ2n) is 6.24. The molecule has 1 aromatic carbocycles. The molecule has 0 spiro atoms. The second kappa shape index (κ2) is 6.93. The van der Waals surface area contributed by atoms with E-state index in [9.17, 15) is 4.39 Å². The van der Waals surface area contributed by atoms with Crippen molar-refractivity contribution in [3.05, 3.63) is 53.7 Å². The van der Waals surface area contributed by atoms with E-state index in [-0.39, 0.29) is 5.82 Å². The number of rotatable bonds is 4. The lowest BCUT2D eigenvalue weighted by Gasteiger charge is -2.34. The zero-order chi connectivity index (χ0) is 17.2. The van der Waals surface area contributed by atoms with E-state index >= 15 is 0 Å². The molecule has 1 aliphatic rings. The van der Waals surface area contributed by atoms with Crippen molar-refractivity contribution in [1.82, 2.24) is 19.4 Å². The molecule has 0 N–H and O–H groups in total. The van der Waals surface area contributed by atoms with Crippen LogP contribution in [-0.2, 0) is 13.6 Å². The van der Waals surface area contributed by atoms with E-state index in [0.29, 0.717) is 0 Å². The van der Waals surface area contributed by atoms with Gasteiger partial charge < -0.3 is 9.47 Å². The number of aryl methyl sites for hydroxylation is 1. The van der Waals surface area contributed by atoms with E-state index in [1.807, 2.05) is 24.8 Å². The molecule has 7 heteroatoms. The maximum Gasteiger partial charge on any atom is 0.185 e. The van der Waals surface area contributed by atoms with Crippen molar-refractivity contribution in [2.24, 2.45) is 7.05 Å². The molecule has 25 heavy (non-hydrogen) atoms. The number of thiazole rings is 1. The summed E-state index contributed by atoms with van der Waals surface area (Å²) < 4.78 is 15.1. The molecule has 1 saturated heterocycles. The Morgan fingerprint density at radius 3 is 2.56 bits per heavy atom. The van der Waals surface area contributed by atoms with Crippen LogP contribution in [0.3, 0.4) is 0 Å². The molecule has 1 aliphatic heterocycles. The van der Waals surface area contributed by atoms with Gasteiger partial charge in [0.1, 0.15) is 11.6 Å². The number of hydrogen-bond donors (Lipinski definition) is 0. The summed E-state index contributed by atoms with van der Waals surface area (Å²) in [6.45, 7) is 4.80. The molecule has 0 saturated carbocycles. The number of halogens is 1. The summed E-state index contributed by atoms with van der Waals surface area (Å²) in [4.78, 5) is 13.9. The smallest absolute Gasteiger partial charge is 0.185 e. The van der Waals surface area contributed by atoms with E-state index < -0.39 is 0 Å². The first-order valence-electron chi connectivity index (χ1n) is 8.34. The lowest BCUT2D eigenvalue weighted by Crippen LogP contribution is -2.46. The largest absolute Gasteiger partial charge is 0.346 e.